The summed E-state index contributed by atoms with van der Waals surface area (Å²) in [5.41, 5.74) is 0.972. The lowest BCUT2D eigenvalue weighted by molar-refractivity contribution is -0.123. The van der Waals surface area contributed by atoms with Gasteiger partial charge in [-0.2, -0.15) is 0 Å². The minimum absolute atomic E-state index is 0.0909. The number of rotatable bonds is 4. The summed E-state index contributed by atoms with van der Waals surface area (Å²) in [5, 5.41) is 13.8. The predicted octanol–water partition coefficient (Wildman–Crippen LogP) is 2.14. The number of nitrogens with one attached hydrogen (secondary N) is 1. The number of thiophene rings is 1. The molecule has 0 bridgehead atoms. The van der Waals surface area contributed by atoms with Crippen LogP contribution in [-0.4, -0.2) is 17.6 Å². The van der Waals surface area contributed by atoms with Gasteiger partial charge in [0.2, 0.25) is 5.91 Å². The molecule has 3 rings (SSSR count). The van der Waals surface area contributed by atoms with Gasteiger partial charge in [0.15, 0.2) is 0 Å². The molecule has 106 valence electrons. The van der Waals surface area contributed by atoms with E-state index in [1.165, 1.54) is 19.3 Å². The van der Waals surface area contributed by atoms with E-state index < -0.39 is 0 Å². The van der Waals surface area contributed by atoms with Gasteiger partial charge in [-0.1, -0.05) is 18.3 Å². The maximum Gasteiger partial charge on any atom is 0.223 e. The van der Waals surface area contributed by atoms with Gasteiger partial charge in [-0.25, -0.2) is 0 Å². The molecule has 2 aliphatic carbocycles. The summed E-state index contributed by atoms with van der Waals surface area (Å²) in [4.78, 5) is 13.2. The largest absolute Gasteiger partial charge is 0.395 e. The Kier molecular flexibility index (Phi) is 4.09. The average molecular weight is 289 g/mol. The molecule has 0 aliphatic heterocycles. The number of aliphatic hydroxyl groups is 1. The zero-order valence-electron chi connectivity index (χ0n) is 11.4. The summed E-state index contributed by atoms with van der Waals surface area (Å²) in [6, 6.07) is 1.97. The van der Waals surface area contributed by atoms with E-state index in [1.54, 1.807) is 11.3 Å². The summed E-state index contributed by atoms with van der Waals surface area (Å²) in [5.74, 6) is 7.83. The standard InChI is InChI=1S/C16H19NO2S/c18-8-2-1-4-11-7-9-20-14(11)10-17-16(19)15-12-5-3-6-13(12)15/h7,9,12-13,15,18H,2-3,5-6,8,10H2,(H,17,19). The quantitative estimate of drug-likeness (QED) is 0.834. The number of carbonyl (C=O) groups is 1. The molecule has 2 N–H and O–H groups in total. The summed E-state index contributed by atoms with van der Waals surface area (Å²) in [7, 11) is 0. The molecule has 2 unspecified atom stereocenters. The van der Waals surface area contributed by atoms with E-state index in [0.29, 0.717) is 24.8 Å². The Bertz CT molecular complexity index is 544. The van der Waals surface area contributed by atoms with Crippen molar-refractivity contribution in [3.63, 3.8) is 0 Å². The van der Waals surface area contributed by atoms with Crippen LogP contribution in [0.25, 0.3) is 0 Å². The summed E-state index contributed by atoms with van der Waals surface area (Å²) in [6.45, 7) is 0.670. The molecule has 1 amide bonds. The number of hydrogen-bond acceptors (Lipinski definition) is 3. The normalized spacial score (nSPS) is 26.6. The third kappa shape index (κ3) is 2.74. The Balaban J connectivity index is 1.53. The first-order valence-electron chi connectivity index (χ1n) is 7.25. The molecule has 2 saturated carbocycles. The molecule has 0 spiro atoms. The number of carbonyl (C=O) groups excluding carboxylic acids is 1. The highest BCUT2D eigenvalue weighted by molar-refractivity contribution is 7.10. The highest BCUT2D eigenvalue weighted by atomic mass is 32.1. The van der Waals surface area contributed by atoms with Crippen LogP contribution in [0.3, 0.4) is 0 Å². The van der Waals surface area contributed by atoms with Crippen molar-refractivity contribution < 1.29 is 9.90 Å². The number of aliphatic hydroxyl groups excluding tert-OH is 1. The van der Waals surface area contributed by atoms with Crippen molar-refractivity contribution >= 4 is 17.2 Å². The van der Waals surface area contributed by atoms with Crippen LogP contribution in [0, 0.1) is 29.6 Å². The fourth-order valence-corrected chi connectivity index (χ4v) is 4.07. The number of amides is 1. The topological polar surface area (TPSA) is 49.3 Å². The maximum atomic E-state index is 12.1. The fourth-order valence-electron chi connectivity index (χ4n) is 3.30. The van der Waals surface area contributed by atoms with Gasteiger partial charge in [0.1, 0.15) is 0 Å². The minimum atomic E-state index is 0.0909. The molecule has 20 heavy (non-hydrogen) atoms. The lowest BCUT2D eigenvalue weighted by Crippen LogP contribution is -2.26. The van der Waals surface area contributed by atoms with Crippen molar-refractivity contribution in [1.82, 2.24) is 5.32 Å². The van der Waals surface area contributed by atoms with Crippen LogP contribution in [0.5, 0.6) is 0 Å². The highest BCUT2D eigenvalue weighted by Crippen LogP contribution is 2.57. The smallest absolute Gasteiger partial charge is 0.223 e. The summed E-state index contributed by atoms with van der Waals surface area (Å²) >= 11 is 1.62. The van der Waals surface area contributed by atoms with Gasteiger partial charge in [-0.15, -0.1) is 11.3 Å². The maximum absolute atomic E-state index is 12.1. The van der Waals surface area contributed by atoms with Gasteiger partial charge >= 0.3 is 0 Å². The third-order valence-corrected chi connectivity index (χ3v) is 5.26. The molecule has 2 fully saturated rings. The molecule has 2 aliphatic rings. The van der Waals surface area contributed by atoms with Crippen LogP contribution in [0.1, 0.15) is 36.1 Å². The molecule has 1 aromatic heterocycles. The van der Waals surface area contributed by atoms with Crippen LogP contribution in [-0.2, 0) is 11.3 Å². The molecule has 0 saturated heterocycles. The van der Waals surface area contributed by atoms with E-state index in [9.17, 15) is 4.79 Å². The van der Waals surface area contributed by atoms with Crippen molar-refractivity contribution in [3.05, 3.63) is 21.9 Å². The van der Waals surface area contributed by atoms with Gasteiger partial charge in [-0.05, 0) is 36.1 Å². The lowest BCUT2D eigenvalue weighted by Gasteiger charge is -2.05. The van der Waals surface area contributed by atoms with Gasteiger partial charge in [0.25, 0.3) is 0 Å². The van der Waals surface area contributed by atoms with E-state index in [0.717, 1.165) is 10.4 Å². The second kappa shape index (κ2) is 5.99. The van der Waals surface area contributed by atoms with Crippen LogP contribution in [0.15, 0.2) is 11.4 Å². The Morgan fingerprint density at radius 3 is 3.00 bits per heavy atom. The molecule has 3 nitrogen and oxygen atoms in total. The summed E-state index contributed by atoms with van der Waals surface area (Å²) in [6.07, 6.45) is 4.26. The van der Waals surface area contributed by atoms with Crippen molar-refractivity contribution in [2.75, 3.05) is 6.61 Å². The highest BCUT2D eigenvalue weighted by Gasteiger charge is 2.56. The first-order chi connectivity index (χ1) is 9.81. The molecule has 2 atom stereocenters. The Hall–Kier alpha value is -1.31. The fraction of sp³-hybridized carbons (Fsp3) is 0.562. The Morgan fingerprint density at radius 2 is 2.25 bits per heavy atom. The van der Waals surface area contributed by atoms with E-state index in [-0.39, 0.29) is 18.4 Å². The average Bonchev–Trinajstić information content (AvgIpc) is 2.83. The van der Waals surface area contributed by atoms with Crippen molar-refractivity contribution in [2.24, 2.45) is 17.8 Å². The second-order valence-electron chi connectivity index (χ2n) is 5.54. The molecular weight excluding hydrogens is 270 g/mol. The van der Waals surface area contributed by atoms with E-state index in [2.05, 4.69) is 17.2 Å². The third-order valence-electron chi connectivity index (χ3n) is 4.34. The second-order valence-corrected chi connectivity index (χ2v) is 6.54. The molecule has 0 radical (unpaired) electrons. The van der Waals surface area contributed by atoms with Crippen LogP contribution in [0.4, 0.5) is 0 Å². The zero-order valence-corrected chi connectivity index (χ0v) is 12.2. The van der Waals surface area contributed by atoms with Crippen LogP contribution < -0.4 is 5.32 Å². The first-order valence-corrected chi connectivity index (χ1v) is 8.13. The number of fused-ring (bicyclic) bond motifs is 1. The van der Waals surface area contributed by atoms with Gasteiger partial charge in [0, 0.05) is 22.8 Å². The van der Waals surface area contributed by atoms with Crippen molar-refractivity contribution in [1.29, 1.82) is 0 Å². The summed E-state index contributed by atoms with van der Waals surface area (Å²) < 4.78 is 0. The van der Waals surface area contributed by atoms with Crippen molar-refractivity contribution in [2.45, 2.75) is 32.2 Å². The van der Waals surface area contributed by atoms with E-state index in [1.807, 2.05) is 11.4 Å². The van der Waals surface area contributed by atoms with Gasteiger partial charge < -0.3 is 10.4 Å². The Labute approximate surface area is 123 Å². The first kappa shape index (κ1) is 13.7. The monoisotopic (exact) mass is 289 g/mol. The van der Waals surface area contributed by atoms with Crippen molar-refractivity contribution in [3.8, 4) is 11.8 Å². The SMILES string of the molecule is O=C(NCc1sccc1C#CCCO)C1C2CCCC21. The molecule has 1 aromatic rings. The number of hydrogen-bond donors (Lipinski definition) is 2. The van der Waals surface area contributed by atoms with Crippen LogP contribution >= 0.6 is 11.3 Å². The van der Waals surface area contributed by atoms with Crippen LogP contribution in [0.2, 0.25) is 0 Å². The molecular formula is C16H19NO2S. The Morgan fingerprint density at radius 1 is 1.45 bits per heavy atom. The van der Waals surface area contributed by atoms with Gasteiger partial charge in [0.05, 0.1) is 13.2 Å². The predicted molar refractivity (Wildman–Crippen MR) is 79.1 cm³/mol. The van der Waals surface area contributed by atoms with Gasteiger partial charge in [-0.3, -0.25) is 4.79 Å². The minimum Gasteiger partial charge on any atom is -0.395 e. The lowest BCUT2D eigenvalue weighted by atomic mass is 10.1. The van der Waals surface area contributed by atoms with E-state index >= 15 is 0 Å². The zero-order chi connectivity index (χ0) is 13.9. The molecule has 0 aromatic carbocycles. The van der Waals surface area contributed by atoms with E-state index in [4.69, 9.17) is 5.11 Å². The molecule has 1 heterocycles. The molecule has 4 heteroatoms.